The third-order valence-corrected chi connectivity index (χ3v) is 4.10. The summed E-state index contributed by atoms with van der Waals surface area (Å²) in [5.41, 5.74) is 1.00. The van der Waals surface area contributed by atoms with Crippen molar-refractivity contribution in [2.45, 2.75) is 25.8 Å². The number of ether oxygens (including phenoxy) is 2. The second kappa shape index (κ2) is 8.54. The Labute approximate surface area is 142 Å². The minimum Gasteiger partial charge on any atom is -0.497 e. The first-order valence-corrected chi connectivity index (χ1v) is 8.12. The zero-order chi connectivity index (χ0) is 17.5. The van der Waals surface area contributed by atoms with Gasteiger partial charge in [0.05, 0.1) is 20.8 Å². The summed E-state index contributed by atoms with van der Waals surface area (Å²) in [5.74, 6) is 1.22. The monoisotopic (exact) mass is 335 g/mol. The number of urea groups is 1. The molecule has 0 radical (unpaired) electrons. The van der Waals surface area contributed by atoms with Gasteiger partial charge in [-0.05, 0) is 44.5 Å². The van der Waals surface area contributed by atoms with Gasteiger partial charge in [0.1, 0.15) is 11.5 Å². The van der Waals surface area contributed by atoms with Gasteiger partial charge in [-0.3, -0.25) is 15.0 Å². The van der Waals surface area contributed by atoms with E-state index in [-0.39, 0.29) is 18.5 Å². The number of carbonyl (C=O) groups excluding carboxylic acids is 2. The molecule has 3 amide bonds. The molecule has 2 N–H and O–H groups in total. The fourth-order valence-corrected chi connectivity index (χ4v) is 3.02. The standard InChI is InChI=1S/C17H25N3O4/c1-4-18-17(22)19-16(21)11-20-9-5-6-14(20)13-10-12(23-2)7-8-15(13)24-3/h7-8,10,14H,4-6,9,11H2,1-3H3,(H2,18,19,21,22)/t14-/m1/s1. The number of hydrogen-bond acceptors (Lipinski definition) is 5. The van der Waals surface area contributed by atoms with Gasteiger partial charge in [0, 0.05) is 18.2 Å². The minimum absolute atomic E-state index is 0.0648. The van der Waals surface area contributed by atoms with E-state index in [9.17, 15) is 9.59 Å². The van der Waals surface area contributed by atoms with Crippen LogP contribution in [0.3, 0.4) is 0 Å². The smallest absolute Gasteiger partial charge is 0.321 e. The first-order chi connectivity index (χ1) is 11.6. The Balaban J connectivity index is 2.10. The summed E-state index contributed by atoms with van der Waals surface area (Å²) in [6.45, 7) is 3.25. The van der Waals surface area contributed by atoms with Crippen LogP contribution in [0.4, 0.5) is 4.79 Å². The lowest BCUT2D eigenvalue weighted by Gasteiger charge is -2.25. The Hall–Kier alpha value is -2.28. The van der Waals surface area contributed by atoms with Gasteiger partial charge < -0.3 is 14.8 Å². The summed E-state index contributed by atoms with van der Waals surface area (Å²) in [6.07, 6.45) is 1.91. The maximum absolute atomic E-state index is 12.1. The molecule has 1 saturated heterocycles. The Bertz CT molecular complexity index is 591. The van der Waals surface area contributed by atoms with Gasteiger partial charge in [0.15, 0.2) is 0 Å². The molecule has 7 heteroatoms. The highest BCUT2D eigenvalue weighted by molar-refractivity contribution is 5.95. The van der Waals surface area contributed by atoms with Gasteiger partial charge >= 0.3 is 6.03 Å². The quantitative estimate of drug-likeness (QED) is 0.827. The maximum atomic E-state index is 12.1. The van der Waals surface area contributed by atoms with Crippen LogP contribution in [0.25, 0.3) is 0 Å². The fraction of sp³-hybridized carbons (Fsp3) is 0.529. The Morgan fingerprint density at radius 3 is 2.75 bits per heavy atom. The molecule has 1 fully saturated rings. The van der Waals surface area contributed by atoms with E-state index >= 15 is 0 Å². The molecule has 1 aromatic rings. The van der Waals surface area contributed by atoms with E-state index in [1.165, 1.54) is 0 Å². The van der Waals surface area contributed by atoms with Crippen LogP contribution >= 0.6 is 0 Å². The molecule has 1 aromatic carbocycles. The third-order valence-electron chi connectivity index (χ3n) is 4.10. The number of methoxy groups -OCH3 is 2. The molecule has 1 atom stereocenters. The largest absolute Gasteiger partial charge is 0.497 e. The molecule has 24 heavy (non-hydrogen) atoms. The highest BCUT2D eigenvalue weighted by Crippen LogP contribution is 2.38. The van der Waals surface area contributed by atoms with Crippen LogP contribution in [-0.4, -0.2) is 50.7 Å². The Kier molecular flexibility index (Phi) is 6.43. The maximum Gasteiger partial charge on any atom is 0.321 e. The average Bonchev–Trinajstić information content (AvgIpc) is 3.02. The molecule has 7 nitrogen and oxygen atoms in total. The fourth-order valence-electron chi connectivity index (χ4n) is 3.02. The van der Waals surface area contributed by atoms with Crippen molar-refractivity contribution < 1.29 is 19.1 Å². The van der Waals surface area contributed by atoms with Crippen molar-refractivity contribution in [2.75, 3.05) is 33.9 Å². The van der Waals surface area contributed by atoms with E-state index in [1.54, 1.807) is 21.1 Å². The van der Waals surface area contributed by atoms with Crippen molar-refractivity contribution in [2.24, 2.45) is 0 Å². The van der Waals surface area contributed by atoms with Gasteiger partial charge in [-0.25, -0.2) is 4.79 Å². The number of nitrogens with zero attached hydrogens (tertiary/aromatic N) is 1. The van der Waals surface area contributed by atoms with Gasteiger partial charge in [-0.15, -0.1) is 0 Å². The molecule has 1 aliphatic heterocycles. The molecule has 0 spiro atoms. The first kappa shape index (κ1) is 18.1. The molecule has 0 saturated carbocycles. The number of amides is 3. The molecule has 0 aliphatic carbocycles. The minimum atomic E-state index is -0.461. The molecule has 0 unspecified atom stereocenters. The molecular weight excluding hydrogens is 310 g/mol. The van der Waals surface area contributed by atoms with Crippen LogP contribution in [-0.2, 0) is 4.79 Å². The summed E-state index contributed by atoms with van der Waals surface area (Å²) in [5, 5.41) is 4.90. The van der Waals surface area contributed by atoms with Gasteiger partial charge in [0.2, 0.25) is 5.91 Å². The van der Waals surface area contributed by atoms with Crippen LogP contribution in [0, 0.1) is 0 Å². The number of benzene rings is 1. The zero-order valence-corrected chi connectivity index (χ0v) is 14.4. The van der Waals surface area contributed by atoms with Crippen molar-refractivity contribution in [3.05, 3.63) is 23.8 Å². The molecular formula is C17H25N3O4. The van der Waals surface area contributed by atoms with E-state index in [0.717, 1.165) is 36.4 Å². The van der Waals surface area contributed by atoms with Gasteiger partial charge in [-0.1, -0.05) is 0 Å². The lowest BCUT2D eigenvalue weighted by molar-refractivity contribution is -0.121. The van der Waals surface area contributed by atoms with E-state index in [1.807, 2.05) is 18.2 Å². The predicted octanol–water partition coefficient (Wildman–Crippen LogP) is 1.69. The van der Waals surface area contributed by atoms with Crippen molar-refractivity contribution in [3.8, 4) is 11.5 Å². The van der Waals surface area contributed by atoms with Crippen LogP contribution in [0.15, 0.2) is 18.2 Å². The SMILES string of the molecule is CCNC(=O)NC(=O)CN1CCC[C@@H]1c1cc(OC)ccc1OC. The summed E-state index contributed by atoms with van der Waals surface area (Å²) in [4.78, 5) is 25.6. The number of carbonyl (C=O) groups is 2. The molecule has 1 aliphatic rings. The number of nitrogens with one attached hydrogen (secondary N) is 2. The van der Waals surface area contributed by atoms with Crippen LogP contribution in [0.1, 0.15) is 31.4 Å². The van der Waals surface area contributed by atoms with E-state index < -0.39 is 6.03 Å². The summed E-state index contributed by atoms with van der Waals surface area (Å²) in [6, 6.07) is 5.28. The average molecular weight is 335 g/mol. The normalized spacial score (nSPS) is 17.4. The number of imide groups is 1. The third kappa shape index (κ3) is 4.38. The predicted molar refractivity (Wildman–Crippen MR) is 90.3 cm³/mol. The Morgan fingerprint density at radius 1 is 1.29 bits per heavy atom. The van der Waals surface area contributed by atoms with Crippen LogP contribution < -0.4 is 20.1 Å². The summed E-state index contributed by atoms with van der Waals surface area (Å²) < 4.78 is 10.8. The zero-order valence-electron chi connectivity index (χ0n) is 14.4. The molecule has 2 rings (SSSR count). The second-order valence-electron chi connectivity index (χ2n) is 5.64. The molecule has 0 aromatic heterocycles. The molecule has 132 valence electrons. The van der Waals surface area contributed by atoms with Crippen LogP contribution in [0.5, 0.6) is 11.5 Å². The van der Waals surface area contributed by atoms with Crippen LogP contribution in [0.2, 0.25) is 0 Å². The lowest BCUT2D eigenvalue weighted by Crippen LogP contribution is -2.44. The van der Waals surface area contributed by atoms with Crippen molar-refractivity contribution >= 4 is 11.9 Å². The molecule has 0 bridgehead atoms. The Morgan fingerprint density at radius 2 is 2.08 bits per heavy atom. The highest BCUT2D eigenvalue weighted by atomic mass is 16.5. The van der Waals surface area contributed by atoms with Crippen molar-refractivity contribution in [1.29, 1.82) is 0 Å². The second-order valence-corrected chi connectivity index (χ2v) is 5.64. The number of rotatable bonds is 6. The summed E-state index contributed by atoms with van der Waals surface area (Å²) in [7, 11) is 3.25. The topological polar surface area (TPSA) is 79.9 Å². The summed E-state index contributed by atoms with van der Waals surface area (Å²) >= 11 is 0. The van der Waals surface area contributed by atoms with Crippen molar-refractivity contribution in [3.63, 3.8) is 0 Å². The highest BCUT2D eigenvalue weighted by Gasteiger charge is 2.30. The molecule has 1 heterocycles. The van der Waals surface area contributed by atoms with Crippen molar-refractivity contribution in [1.82, 2.24) is 15.5 Å². The van der Waals surface area contributed by atoms with E-state index in [4.69, 9.17) is 9.47 Å². The van der Waals surface area contributed by atoms with E-state index in [2.05, 4.69) is 15.5 Å². The lowest BCUT2D eigenvalue weighted by atomic mass is 10.0. The number of hydrogen-bond donors (Lipinski definition) is 2. The first-order valence-electron chi connectivity index (χ1n) is 8.12. The van der Waals surface area contributed by atoms with Gasteiger partial charge in [-0.2, -0.15) is 0 Å². The van der Waals surface area contributed by atoms with E-state index in [0.29, 0.717) is 6.54 Å². The van der Waals surface area contributed by atoms with Gasteiger partial charge in [0.25, 0.3) is 0 Å². The number of likely N-dealkylation sites (tertiary alicyclic amines) is 1.